The predicted molar refractivity (Wildman–Crippen MR) is 87.4 cm³/mol. The van der Waals surface area contributed by atoms with Gasteiger partial charge in [0, 0.05) is 12.7 Å². The van der Waals surface area contributed by atoms with E-state index in [0.717, 1.165) is 24.3 Å². The van der Waals surface area contributed by atoms with Crippen molar-refractivity contribution in [1.29, 1.82) is 0 Å². The molecule has 1 heterocycles. The number of nitrogens with one attached hydrogen (secondary N) is 1. The molecule has 24 heavy (non-hydrogen) atoms. The first-order chi connectivity index (χ1) is 11.5. The van der Waals surface area contributed by atoms with E-state index in [4.69, 9.17) is 5.11 Å². The molecule has 0 unspecified atom stereocenters. The zero-order valence-corrected chi connectivity index (χ0v) is 13.9. The van der Waals surface area contributed by atoms with Crippen LogP contribution in [0.2, 0.25) is 0 Å². The van der Waals surface area contributed by atoms with Gasteiger partial charge in [0.2, 0.25) is 0 Å². The van der Waals surface area contributed by atoms with Gasteiger partial charge in [0.05, 0.1) is 13.0 Å². The van der Waals surface area contributed by atoms with E-state index in [0.29, 0.717) is 11.1 Å². The average Bonchev–Trinajstić information content (AvgIpc) is 2.98. The normalized spacial score (nSPS) is 33.6. The van der Waals surface area contributed by atoms with Crippen LogP contribution in [0.4, 0.5) is 0 Å². The number of hydrogen-bond acceptors (Lipinski definition) is 3. The van der Waals surface area contributed by atoms with Gasteiger partial charge >= 0.3 is 5.97 Å². The minimum absolute atomic E-state index is 0.00994. The third-order valence-corrected chi connectivity index (χ3v) is 6.22. The molecule has 1 aromatic rings. The Morgan fingerprint density at radius 1 is 1.21 bits per heavy atom. The van der Waals surface area contributed by atoms with Gasteiger partial charge in [0.25, 0.3) is 5.91 Å². The number of carboxylic acid groups (broad SMARTS) is 1. The maximum absolute atomic E-state index is 12.4. The maximum atomic E-state index is 12.4. The molecule has 4 aliphatic carbocycles. The molecule has 1 amide bonds. The van der Waals surface area contributed by atoms with Crippen molar-refractivity contribution in [1.82, 2.24) is 15.1 Å². The van der Waals surface area contributed by atoms with E-state index in [1.165, 1.54) is 43.2 Å². The minimum atomic E-state index is -0.863. The Balaban J connectivity index is 1.34. The summed E-state index contributed by atoms with van der Waals surface area (Å²) in [6.07, 6.45) is 9.70. The molecule has 5 rings (SSSR count). The van der Waals surface area contributed by atoms with Crippen molar-refractivity contribution < 1.29 is 14.7 Å². The van der Waals surface area contributed by atoms with Crippen molar-refractivity contribution in [3.63, 3.8) is 0 Å². The molecule has 0 atom stereocenters. The lowest BCUT2D eigenvalue weighted by molar-refractivity contribution is -0.137. The molecular formula is C18H25N3O3. The molecule has 0 radical (unpaired) electrons. The monoisotopic (exact) mass is 331 g/mol. The fourth-order valence-corrected chi connectivity index (χ4v) is 5.68. The third-order valence-electron chi connectivity index (χ3n) is 6.22. The lowest BCUT2D eigenvalue weighted by Gasteiger charge is -2.56. The SMILES string of the molecule is O=C(O)CCn1ccc(C(=O)NCC23CC4CC(CC(C4)C2)C3)n1. The van der Waals surface area contributed by atoms with E-state index in [1.807, 2.05) is 0 Å². The summed E-state index contributed by atoms with van der Waals surface area (Å²) in [5.41, 5.74) is 0.695. The highest BCUT2D eigenvalue weighted by atomic mass is 16.4. The first-order valence-corrected chi connectivity index (χ1v) is 9.05. The molecule has 4 fully saturated rings. The summed E-state index contributed by atoms with van der Waals surface area (Å²) < 4.78 is 1.52. The van der Waals surface area contributed by atoms with Crippen LogP contribution in [0.25, 0.3) is 0 Å². The number of aryl methyl sites for hydroxylation is 1. The predicted octanol–water partition coefficient (Wildman–Crippen LogP) is 2.30. The van der Waals surface area contributed by atoms with Crippen LogP contribution in [-0.2, 0) is 11.3 Å². The van der Waals surface area contributed by atoms with Crippen molar-refractivity contribution in [2.24, 2.45) is 23.2 Å². The molecule has 6 heteroatoms. The number of aromatic nitrogens is 2. The molecule has 2 N–H and O–H groups in total. The van der Waals surface area contributed by atoms with Gasteiger partial charge in [-0.05, 0) is 67.8 Å². The smallest absolute Gasteiger partial charge is 0.305 e. The summed E-state index contributed by atoms with van der Waals surface area (Å²) in [7, 11) is 0. The number of carbonyl (C=O) groups is 2. The Bertz CT molecular complexity index is 616. The summed E-state index contributed by atoms with van der Waals surface area (Å²) in [6.45, 7) is 1.05. The fourth-order valence-electron chi connectivity index (χ4n) is 5.68. The van der Waals surface area contributed by atoms with Crippen molar-refractivity contribution in [2.45, 2.75) is 51.5 Å². The largest absolute Gasteiger partial charge is 0.481 e. The molecule has 130 valence electrons. The molecular weight excluding hydrogens is 306 g/mol. The van der Waals surface area contributed by atoms with E-state index < -0.39 is 5.97 Å². The van der Waals surface area contributed by atoms with Gasteiger partial charge in [0.1, 0.15) is 5.69 Å². The Morgan fingerprint density at radius 3 is 2.42 bits per heavy atom. The number of rotatable bonds is 6. The van der Waals surface area contributed by atoms with Crippen LogP contribution in [0.1, 0.15) is 55.4 Å². The summed E-state index contributed by atoms with van der Waals surface area (Å²) in [4.78, 5) is 23.0. The van der Waals surface area contributed by atoms with Crippen molar-refractivity contribution in [2.75, 3.05) is 6.54 Å². The zero-order chi connectivity index (χ0) is 16.7. The Labute approximate surface area is 141 Å². The van der Waals surface area contributed by atoms with Crippen LogP contribution in [0.15, 0.2) is 12.3 Å². The third kappa shape index (κ3) is 3.06. The number of carboxylic acids is 1. The molecule has 0 saturated heterocycles. The molecule has 0 spiro atoms. The minimum Gasteiger partial charge on any atom is -0.481 e. The first kappa shape index (κ1) is 15.7. The standard InChI is InChI=1S/C18H25N3O3/c22-16(23)2-4-21-3-1-15(20-21)17(24)19-11-18-8-12-5-13(9-18)7-14(6-12)10-18/h1,3,12-14H,2,4-11H2,(H,19,24)(H,22,23). The Hall–Kier alpha value is -1.85. The van der Waals surface area contributed by atoms with E-state index in [-0.39, 0.29) is 18.9 Å². The lowest BCUT2D eigenvalue weighted by Crippen LogP contribution is -2.51. The molecule has 4 saturated carbocycles. The van der Waals surface area contributed by atoms with Gasteiger partial charge < -0.3 is 10.4 Å². The fraction of sp³-hybridized carbons (Fsp3) is 0.722. The summed E-state index contributed by atoms with van der Waals surface area (Å²) in [5, 5.41) is 16.0. The molecule has 1 aromatic heterocycles. The molecule has 6 nitrogen and oxygen atoms in total. The highest BCUT2D eigenvalue weighted by Gasteiger charge is 2.50. The number of aliphatic carboxylic acids is 1. The molecule has 4 bridgehead atoms. The maximum Gasteiger partial charge on any atom is 0.305 e. The number of amides is 1. The van der Waals surface area contributed by atoms with Crippen molar-refractivity contribution in [3.05, 3.63) is 18.0 Å². The number of hydrogen-bond donors (Lipinski definition) is 2. The number of carbonyl (C=O) groups excluding carboxylic acids is 1. The van der Waals surface area contributed by atoms with Crippen LogP contribution in [-0.4, -0.2) is 33.3 Å². The van der Waals surface area contributed by atoms with Gasteiger partial charge in [-0.25, -0.2) is 0 Å². The summed E-state index contributed by atoms with van der Waals surface area (Å²) in [6, 6.07) is 1.66. The second kappa shape index (κ2) is 5.90. The van der Waals surface area contributed by atoms with Crippen LogP contribution in [0.5, 0.6) is 0 Å². The van der Waals surface area contributed by atoms with Crippen LogP contribution < -0.4 is 5.32 Å². The van der Waals surface area contributed by atoms with Crippen LogP contribution in [0.3, 0.4) is 0 Å². The van der Waals surface area contributed by atoms with Gasteiger partial charge in [-0.1, -0.05) is 0 Å². The Morgan fingerprint density at radius 2 is 1.83 bits per heavy atom. The molecule has 0 aliphatic heterocycles. The second-order valence-electron chi connectivity index (χ2n) is 8.21. The number of nitrogens with zero attached hydrogens (tertiary/aromatic N) is 2. The van der Waals surface area contributed by atoms with E-state index in [1.54, 1.807) is 12.3 Å². The van der Waals surface area contributed by atoms with Crippen molar-refractivity contribution in [3.8, 4) is 0 Å². The van der Waals surface area contributed by atoms with Crippen LogP contribution >= 0.6 is 0 Å². The summed E-state index contributed by atoms with van der Waals surface area (Å²) >= 11 is 0. The second-order valence-corrected chi connectivity index (χ2v) is 8.21. The van der Waals surface area contributed by atoms with Gasteiger partial charge in [-0.15, -0.1) is 0 Å². The average molecular weight is 331 g/mol. The summed E-state index contributed by atoms with van der Waals surface area (Å²) in [5.74, 6) is 1.63. The van der Waals surface area contributed by atoms with E-state index in [9.17, 15) is 9.59 Å². The quantitative estimate of drug-likeness (QED) is 0.838. The van der Waals surface area contributed by atoms with Gasteiger partial charge in [-0.3, -0.25) is 14.3 Å². The van der Waals surface area contributed by atoms with Gasteiger partial charge in [-0.2, -0.15) is 5.10 Å². The van der Waals surface area contributed by atoms with Crippen LogP contribution in [0, 0.1) is 23.2 Å². The highest BCUT2D eigenvalue weighted by Crippen LogP contribution is 2.59. The van der Waals surface area contributed by atoms with E-state index >= 15 is 0 Å². The lowest BCUT2D eigenvalue weighted by atomic mass is 9.49. The van der Waals surface area contributed by atoms with E-state index in [2.05, 4.69) is 10.4 Å². The highest BCUT2D eigenvalue weighted by molar-refractivity contribution is 5.92. The first-order valence-electron chi connectivity index (χ1n) is 9.05. The Kier molecular flexibility index (Phi) is 3.85. The van der Waals surface area contributed by atoms with Crippen molar-refractivity contribution >= 4 is 11.9 Å². The molecule has 4 aliphatic rings. The zero-order valence-electron chi connectivity index (χ0n) is 13.9. The topological polar surface area (TPSA) is 84.2 Å². The molecule has 0 aromatic carbocycles. The van der Waals surface area contributed by atoms with Gasteiger partial charge in [0.15, 0.2) is 0 Å².